The molecule has 0 aliphatic heterocycles. The minimum atomic E-state index is -0.144. The third-order valence-electron chi connectivity index (χ3n) is 2.94. The first-order chi connectivity index (χ1) is 8.97. The fourth-order valence-corrected chi connectivity index (χ4v) is 2.08. The number of carbonyl (C=O) groups excluding carboxylic acids is 1. The highest BCUT2D eigenvalue weighted by molar-refractivity contribution is 9.10. The quantitative estimate of drug-likeness (QED) is 0.825. The van der Waals surface area contributed by atoms with E-state index in [4.69, 9.17) is 5.73 Å². The van der Waals surface area contributed by atoms with Gasteiger partial charge in [0.25, 0.3) is 5.91 Å². The second-order valence-electron chi connectivity index (χ2n) is 4.49. The van der Waals surface area contributed by atoms with Crippen LogP contribution in [-0.4, -0.2) is 5.91 Å². The van der Waals surface area contributed by atoms with Crippen LogP contribution in [0, 0.1) is 13.8 Å². The van der Waals surface area contributed by atoms with Gasteiger partial charge in [0.2, 0.25) is 0 Å². The van der Waals surface area contributed by atoms with Crippen LogP contribution in [-0.2, 0) is 0 Å². The molecule has 2 rings (SSSR count). The Balaban J connectivity index is 2.25. The summed E-state index contributed by atoms with van der Waals surface area (Å²) in [6.45, 7) is 3.91. The van der Waals surface area contributed by atoms with E-state index in [1.165, 1.54) is 0 Å². The van der Waals surface area contributed by atoms with Gasteiger partial charge in [-0.3, -0.25) is 4.79 Å². The molecule has 0 aliphatic rings. The Kier molecular flexibility index (Phi) is 3.90. The summed E-state index contributed by atoms with van der Waals surface area (Å²) in [6, 6.07) is 11.0. The van der Waals surface area contributed by atoms with Crippen LogP contribution in [0.3, 0.4) is 0 Å². The van der Waals surface area contributed by atoms with Gasteiger partial charge in [0.1, 0.15) is 0 Å². The highest BCUT2D eigenvalue weighted by atomic mass is 79.9. The van der Waals surface area contributed by atoms with Gasteiger partial charge >= 0.3 is 0 Å². The minimum Gasteiger partial charge on any atom is -0.399 e. The van der Waals surface area contributed by atoms with E-state index in [1.54, 1.807) is 12.1 Å². The zero-order chi connectivity index (χ0) is 14.0. The van der Waals surface area contributed by atoms with Crippen molar-refractivity contribution in [3.05, 3.63) is 57.6 Å². The summed E-state index contributed by atoms with van der Waals surface area (Å²) in [5.74, 6) is -0.144. The number of rotatable bonds is 2. The zero-order valence-corrected chi connectivity index (χ0v) is 12.4. The van der Waals surface area contributed by atoms with Crippen LogP contribution in [0.4, 0.5) is 11.4 Å². The van der Waals surface area contributed by atoms with Crippen LogP contribution in [0.25, 0.3) is 0 Å². The number of carbonyl (C=O) groups is 1. The Morgan fingerprint density at radius 1 is 1.11 bits per heavy atom. The van der Waals surface area contributed by atoms with Crippen molar-refractivity contribution in [1.82, 2.24) is 0 Å². The summed E-state index contributed by atoms with van der Waals surface area (Å²) in [7, 11) is 0. The molecule has 1 amide bonds. The average Bonchev–Trinajstić information content (AvgIpc) is 2.37. The normalized spacial score (nSPS) is 10.3. The number of nitrogens with two attached hydrogens (primary N) is 1. The van der Waals surface area contributed by atoms with Crippen molar-refractivity contribution in [2.24, 2.45) is 0 Å². The van der Waals surface area contributed by atoms with Gasteiger partial charge in [0.05, 0.1) is 0 Å². The van der Waals surface area contributed by atoms with Crippen LogP contribution in [0.5, 0.6) is 0 Å². The van der Waals surface area contributed by atoms with Gasteiger partial charge < -0.3 is 11.1 Å². The van der Waals surface area contributed by atoms with Gasteiger partial charge in [-0.25, -0.2) is 0 Å². The average molecular weight is 319 g/mol. The van der Waals surface area contributed by atoms with Gasteiger partial charge in [-0.2, -0.15) is 0 Å². The highest BCUT2D eigenvalue weighted by Crippen LogP contribution is 2.21. The lowest BCUT2D eigenvalue weighted by Crippen LogP contribution is -2.13. The molecule has 3 N–H and O–H groups in total. The summed E-state index contributed by atoms with van der Waals surface area (Å²) < 4.78 is 0.921. The van der Waals surface area contributed by atoms with Crippen LogP contribution in [0.15, 0.2) is 40.9 Å². The molecule has 4 heteroatoms. The lowest BCUT2D eigenvalue weighted by molar-refractivity contribution is 0.102. The van der Waals surface area contributed by atoms with Crippen molar-refractivity contribution in [1.29, 1.82) is 0 Å². The number of nitrogens with one attached hydrogen (secondary N) is 1. The van der Waals surface area contributed by atoms with E-state index in [0.29, 0.717) is 11.3 Å². The molecule has 0 saturated heterocycles. The van der Waals surface area contributed by atoms with Crippen molar-refractivity contribution in [2.45, 2.75) is 13.8 Å². The molecule has 0 aromatic heterocycles. The molecule has 19 heavy (non-hydrogen) atoms. The van der Waals surface area contributed by atoms with Gasteiger partial charge in [0.15, 0.2) is 0 Å². The fraction of sp³-hybridized carbons (Fsp3) is 0.133. The van der Waals surface area contributed by atoms with E-state index < -0.39 is 0 Å². The molecule has 0 spiro atoms. The Hall–Kier alpha value is -1.81. The topological polar surface area (TPSA) is 55.1 Å². The predicted octanol–water partition coefficient (Wildman–Crippen LogP) is 3.90. The van der Waals surface area contributed by atoms with E-state index in [-0.39, 0.29) is 5.91 Å². The molecule has 0 atom stereocenters. The summed E-state index contributed by atoms with van der Waals surface area (Å²) in [5.41, 5.74) is 9.78. The SMILES string of the molecule is Cc1ccc(C(=O)Nc2cc(N)ccc2C)cc1Br. The Morgan fingerprint density at radius 3 is 2.47 bits per heavy atom. The molecule has 2 aromatic carbocycles. The third-order valence-corrected chi connectivity index (χ3v) is 3.80. The molecule has 0 heterocycles. The molecule has 0 bridgehead atoms. The number of amides is 1. The Morgan fingerprint density at radius 2 is 1.79 bits per heavy atom. The number of hydrogen-bond acceptors (Lipinski definition) is 2. The number of aryl methyl sites for hydroxylation is 2. The lowest BCUT2D eigenvalue weighted by atomic mass is 10.1. The van der Waals surface area contributed by atoms with Crippen LogP contribution in [0.1, 0.15) is 21.5 Å². The Labute approximate surface area is 121 Å². The van der Waals surface area contributed by atoms with Crippen molar-refractivity contribution in [3.63, 3.8) is 0 Å². The van der Waals surface area contributed by atoms with Gasteiger partial charge in [-0.05, 0) is 49.2 Å². The van der Waals surface area contributed by atoms with E-state index in [1.807, 2.05) is 38.1 Å². The first kappa shape index (κ1) is 13.6. The molecule has 3 nitrogen and oxygen atoms in total. The van der Waals surface area contributed by atoms with Crippen LogP contribution >= 0.6 is 15.9 Å². The molecule has 0 fully saturated rings. The number of benzene rings is 2. The zero-order valence-electron chi connectivity index (χ0n) is 10.8. The highest BCUT2D eigenvalue weighted by Gasteiger charge is 2.09. The van der Waals surface area contributed by atoms with Crippen molar-refractivity contribution < 1.29 is 4.79 Å². The first-order valence-corrected chi connectivity index (χ1v) is 6.70. The maximum Gasteiger partial charge on any atom is 0.255 e. The molecular weight excluding hydrogens is 304 g/mol. The van der Waals surface area contributed by atoms with Crippen molar-refractivity contribution in [2.75, 3.05) is 11.1 Å². The van der Waals surface area contributed by atoms with E-state index >= 15 is 0 Å². The molecule has 0 saturated carbocycles. The smallest absolute Gasteiger partial charge is 0.255 e. The maximum atomic E-state index is 12.2. The Bertz CT molecular complexity index is 638. The standard InChI is InChI=1S/C15H15BrN2O/c1-9-3-5-11(7-13(9)16)15(19)18-14-8-12(17)6-4-10(14)2/h3-8H,17H2,1-2H3,(H,18,19). The maximum absolute atomic E-state index is 12.2. The summed E-state index contributed by atoms with van der Waals surface area (Å²) >= 11 is 3.43. The van der Waals surface area contributed by atoms with Gasteiger partial charge in [0, 0.05) is 21.4 Å². The van der Waals surface area contributed by atoms with Gasteiger partial charge in [-0.1, -0.05) is 28.1 Å². The molecular formula is C15H15BrN2O. The van der Waals surface area contributed by atoms with Crippen LogP contribution in [0.2, 0.25) is 0 Å². The predicted molar refractivity (Wildman–Crippen MR) is 82.4 cm³/mol. The summed E-state index contributed by atoms with van der Waals surface area (Å²) in [5, 5.41) is 2.87. The second kappa shape index (κ2) is 5.45. The third kappa shape index (κ3) is 3.15. The monoisotopic (exact) mass is 318 g/mol. The summed E-state index contributed by atoms with van der Waals surface area (Å²) in [6.07, 6.45) is 0. The molecule has 0 unspecified atom stereocenters. The lowest BCUT2D eigenvalue weighted by Gasteiger charge is -2.10. The molecule has 2 aromatic rings. The summed E-state index contributed by atoms with van der Waals surface area (Å²) in [4.78, 5) is 12.2. The van der Waals surface area contributed by atoms with E-state index in [0.717, 1.165) is 21.3 Å². The fourth-order valence-electron chi connectivity index (χ4n) is 1.70. The molecule has 98 valence electrons. The molecule has 0 aliphatic carbocycles. The number of halogens is 1. The number of hydrogen-bond donors (Lipinski definition) is 2. The minimum absolute atomic E-state index is 0.144. The van der Waals surface area contributed by atoms with Gasteiger partial charge in [-0.15, -0.1) is 0 Å². The largest absolute Gasteiger partial charge is 0.399 e. The van der Waals surface area contributed by atoms with Crippen molar-refractivity contribution in [3.8, 4) is 0 Å². The first-order valence-electron chi connectivity index (χ1n) is 5.91. The van der Waals surface area contributed by atoms with E-state index in [9.17, 15) is 4.79 Å². The van der Waals surface area contributed by atoms with E-state index in [2.05, 4.69) is 21.2 Å². The number of anilines is 2. The second-order valence-corrected chi connectivity index (χ2v) is 5.35. The molecule has 0 radical (unpaired) electrons. The van der Waals surface area contributed by atoms with Crippen molar-refractivity contribution >= 4 is 33.2 Å². The van der Waals surface area contributed by atoms with Crippen LogP contribution < -0.4 is 11.1 Å². The number of nitrogen functional groups attached to an aromatic ring is 1.